The lowest BCUT2D eigenvalue weighted by Crippen LogP contribution is -2.46. The summed E-state index contributed by atoms with van der Waals surface area (Å²) in [6.07, 6.45) is 1.95. The summed E-state index contributed by atoms with van der Waals surface area (Å²) in [7, 11) is 0. The molecule has 1 fully saturated rings. The number of ether oxygens (including phenoxy) is 1. The van der Waals surface area contributed by atoms with Crippen LogP contribution < -0.4 is 5.43 Å². The quantitative estimate of drug-likeness (QED) is 0.913. The van der Waals surface area contributed by atoms with Crippen LogP contribution in [0, 0.1) is 13.8 Å². The second-order valence-electron chi connectivity index (χ2n) is 5.30. The molecule has 6 heteroatoms. The average molecular weight is 275 g/mol. The van der Waals surface area contributed by atoms with E-state index in [1.165, 1.54) is 5.56 Å². The summed E-state index contributed by atoms with van der Waals surface area (Å²) in [6.45, 7) is 9.64. The first-order chi connectivity index (χ1) is 9.65. The van der Waals surface area contributed by atoms with Gasteiger partial charge in [-0.25, -0.2) is 19.9 Å². The van der Waals surface area contributed by atoms with Crippen molar-refractivity contribution in [3.8, 4) is 0 Å². The zero-order valence-corrected chi connectivity index (χ0v) is 12.3. The topological polar surface area (TPSA) is 54.7 Å². The zero-order valence-electron chi connectivity index (χ0n) is 12.3. The van der Waals surface area contributed by atoms with Crippen molar-refractivity contribution in [3.63, 3.8) is 0 Å². The van der Waals surface area contributed by atoms with Gasteiger partial charge in [-0.1, -0.05) is 0 Å². The number of morpholine rings is 1. The van der Waals surface area contributed by atoms with Crippen LogP contribution in [-0.2, 0) is 4.74 Å². The Balaban J connectivity index is 1.83. The predicted molar refractivity (Wildman–Crippen MR) is 76.4 cm³/mol. The van der Waals surface area contributed by atoms with E-state index in [2.05, 4.69) is 34.4 Å². The molecule has 3 heterocycles. The van der Waals surface area contributed by atoms with Crippen LogP contribution in [0.3, 0.4) is 0 Å². The fraction of sp³-hybridized carbons (Fsp3) is 0.571. The second-order valence-corrected chi connectivity index (χ2v) is 5.30. The Bertz CT molecular complexity index is 603. The number of rotatable bonds is 3. The highest BCUT2D eigenvalue weighted by Crippen LogP contribution is 2.18. The zero-order chi connectivity index (χ0) is 14.1. The third-order valence-corrected chi connectivity index (χ3v) is 3.74. The number of fused-ring (bicyclic) bond motifs is 1. The molecular formula is C14H21N5O. The predicted octanol–water partition coefficient (Wildman–Crippen LogP) is 1.24. The Hall–Kier alpha value is -1.50. The van der Waals surface area contributed by atoms with E-state index in [0.29, 0.717) is 0 Å². The van der Waals surface area contributed by atoms with Crippen LogP contribution in [0.25, 0.3) is 5.65 Å². The van der Waals surface area contributed by atoms with Crippen molar-refractivity contribution in [2.45, 2.75) is 26.8 Å². The molecule has 0 radical (unpaired) electrons. The summed E-state index contributed by atoms with van der Waals surface area (Å²) < 4.78 is 7.28. The van der Waals surface area contributed by atoms with E-state index in [1.54, 1.807) is 0 Å². The number of hydrazine groups is 1. The highest BCUT2D eigenvalue weighted by Gasteiger charge is 2.17. The number of hydrogen-bond donors (Lipinski definition) is 1. The van der Waals surface area contributed by atoms with Gasteiger partial charge in [-0.05, 0) is 20.8 Å². The fourth-order valence-corrected chi connectivity index (χ4v) is 2.64. The smallest absolute Gasteiger partial charge is 0.155 e. The van der Waals surface area contributed by atoms with Crippen molar-refractivity contribution in [2.24, 2.45) is 0 Å². The monoisotopic (exact) mass is 275 g/mol. The molecule has 1 aliphatic heterocycles. The van der Waals surface area contributed by atoms with Crippen LogP contribution in [0.2, 0.25) is 0 Å². The molecule has 2 aromatic heterocycles. The highest BCUT2D eigenvalue weighted by atomic mass is 16.5. The lowest BCUT2D eigenvalue weighted by molar-refractivity contribution is 0.00474. The van der Waals surface area contributed by atoms with Gasteiger partial charge in [0.1, 0.15) is 0 Å². The van der Waals surface area contributed by atoms with Crippen LogP contribution in [0.5, 0.6) is 0 Å². The fourth-order valence-electron chi connectivity index (χ4n) is 2.64. The third-order valence-electron chi connectivity index (χ3n) is 3.74. The largest absolute Gasteiger partial charge is 0.379 e. The molecule has 20 heavy (non-hydrogen) atoms. The van der Waals surface area contributed by atoms with Crippen molar-refractivity contribution in [1.29, 1.82) is 0 Å². The minimum atomic E-state index is 0.203. The number of nitrogens with zero attached hydrogens (tertiary/aromatic N) is 4. The third kappa shape index (κ3) is 2.54. The van der Waals surface area contributed by atoms with E-state index in [0.717, 1.165) is 43.3 Å². The summed E-state index contributed by atoms with van der Waals surface area (Å²) in [5, 5.41) is 6.71. The van der Waals surface area contributed by atoms with Crippen molar-refractivity contribution in [3.05, 3.63) is 29.2 Å². The van der Waals surface area contributed by atoms with Gasteiger partial charge in [0.2, 0.25) is 0 Å². The van der Waals surface area contributed by atoms with E-state index in [9.17, 15) is 0 Å². The minimum Gasteiger partial charge on any atom is -0.379 e. The summed E-state index contributed by atoms with van der Waals surface area (Å²) in [5.41, 5.74) is 7.73. The van der Waals surface area contributed by atoms with Crippen LogP contribution in [0.15, 0.2) is 12.3 Å². The van der Waals surface area contributed by atoms with Crippen molar-refractivity contribution < 1.29 is 4.74 Å². The molecule has 2 aromatic rings. The van der Waals surface area contributed by atoms with Gasteiger partial charge in [-0.2, -0.15) is 5.10 Å². The van der Waals surface area contributed by atoms with E-state index < -0.39 is 0 Å². The molecule has 3 rings (SSSR count). The molecule has 0 amide bonds. The van der Waals surface area contributed by atoms with Gasteiger partial charge in [-0.15, -0.1) is 0 Å². The molecule has 1 aliphatic rings. The minimum absolute atomic E-state index is 0.203. The van der Waals surface area contributed by atoms with Gasteiger partial charge < -0.3 is 4.74 Å². The molecule has 108 valence electrons. The molecule has 1 saturated heterocycles. The van der Waals surface area contributed by atoms with Crippen molar-refractivity contribution in [1.82, 2.24) is 25.0 Å². The van der Waals surface area contributed by atoms with Gasteiger partial charge in [0.15, 0.2) is 5.65 Å². The normalized spacial score (nSPS) is 18.6. The maximum atomic E-state index is 5.36. The molecular weight excluding hydrogens is 254 g/mol. The van der Waals surface area contributed by atoms with Crippen LogP contribution >= 0.6 is 0 Å². The molecule has 1 N–H and O–H groups in total. The van der Waals surface area contributed by atoms with Gasteiger partial charge in [0.05, 0.1) is 18.9 Å². The number of hydrogen-bond acceptors (Lipinski definition) is 5. The molecule has 1 atom stereocenters. The molecule has 0 bridgehead atoms. The van der Waals surface area contributed by atoms with Crippen molar-refractivity contribution in [2.75, 3.05) is 26.3 Å². The van der Waals surface area contributed by atoms with E-state index >= 15 is 0 Å². The summed E-state index contributed by atoms with van der Waals surface area (Å²) >= 11 is 0. The Morgan fingerprint density at radius 3 is 2.80 bits per heavy atom. The van der Waals surface area contributed by atoms with Gasteiger partial charge in [0, 0.05) is 42.7 Å². The maximum Gasteiger partial charge on any atom is 0.155 e. The van der Waals surface area contributed by atoms with E-state index in [-0.39, 0.29) is 6.04 Å². The lowest BCUT2D eigenvalue weighted by Gasteiger charge is -2.30. The SMILES string of the molecule is Cc1cc2ncc(C(C)NN3CCOCC3)c(C)n2n1. The van der Waals surface area contributed by atoms with E-state index in [4.69, 9.17) is 4.74 Å². The molecule has 0 aromatic carbocycles. The van der Waals surface area contributed by atoms with Crippen molar-refractivity contribution >= 4 is 5.65 Å². The summed E-state index contributed by atoms with van der Waals surface area (Å²) in [4.78, 5) is 4.49. The van der Waals surface area contributed by atoms with Crippen LogP contribution in [0.1, 0.15) is 29.9 Å². The van der Waals surface area contributed by atoms with Crippen LogP contribution in [0.4, 0.5) is 0 Å². The number of nitrogens with one attached hydrogen (secondary N) is 1. The molecule has 0 saturated carbocycles. The standard InChI is InChI=1S/C14H21N5O/c1-10-8-14-15-9-13(12(3)19(14)16-10)11(2)17-18-4-6-20-7-5-18/h8-9,11,17H,4-7H2,1-3H3. The lowest BCUT2D eigenvalue weighted by atomic mass is 10.1. The molecule has 0 aliphatic carbocycles. The summed E-state index contributed by atoms with van der Waals surface area (Å²) in [5.74, 6) is 0. The van der Waals surface area contributed by atoms with E-state index in [1.807, 2.05) is 23.7 Å². The molecule has 0 spiro atoms. The van der Waals surface area contributed by atoms with Crippen LogP contribution in [-0.4, -0.2) is 45.9 Å². The van der Waals surface area contributed by atoms with Gasteiger partial charge in [0.25, 0.3) is 0 Å². The Labute approximate surface area is 118 Å². The maximum absolute atomic E-state index is 5.36. The molecule has 6 nitrogen and oxygen atoms in total. The second kappa shape index (κ2) is 5.47. The van der Waals surface area contributed by atoms with Gasteiger partial charge >= 0.3 is 0 Å². The summed E-state index contributed by atoms with van der Waals surface area (Å²) in [6, 6.07) is 2.20. The Morgan fingerprint density at radius 1 is 1.30 bits per heavy atom. The highest BCUT2D eigenvalue weighted by molar-refractivity contribution is 5.42. The number of aryl methyl sites for hydroxylation is 2. The Kier molecular flexibility index (Phi) is 3.69. The first-order valence-electron chi connectivity index (χ1n) is 7.06. The number of aromatic nitrogens is 3. The first-order valence-corrected chi connectivity index (χ1v) is 7.06. The Morgan fingerprint density at radius 2 is 2.05 bits per heavy atom. The van der Waals surface area contributed by atoms with Gasteiger partial charge in [-0.3, -0.25) is 0 Å². The molecule has 1 unspecified atom stereocenters. The average Bonchev–Trinajstić information content (AvgIpc) is 2.82. The first kappa shape index (κ1) is 13.5.